The number of hydrogen-bond acceptors (Lipinski definition) is 3. The second kappa shape index (κ2) is 6.49. The van der Waals surface area contributed by atoms with Gasteiger partial charge in [0.1, 0.15) is 0 Å². The molecule has 0 radical (unpaired) electrons. The van der Waals surface area contributed by atoms with Crippen molar-refractivity contribution in [1.29, 1.82) is 0 Å². The van der Waals surface area contributed by atoms with E-state index in [1.807, 2.05) is 0 Å². The van der Waals surface area contributed by atoms with Crippen molar-refractivity contribution in [1.82, 2.24) is 14.7 Å². The largest absolute Gasteiger partial charge is 0.334 e. The molecule has 0 unspecified atom stereocenters. The summed E-state index contributed by atoms with van der Waals surface area (Å²) in [5, 5.41) is 4.75. The van der Waals surface area contributed by atoms with Crippen LogP contribution in [0.5, 0.6) is 0 Å². The molecule has 1 fully saturated rings. The Hall–Kier alpha value is -2.60. The third-order valence-electron chi connectivity index (χ3n) is 4.10. The smallest absolute Gasteiger partial charge is 0.254 e. The number of likely N-dealkylation sites (N-methyl/N-ethyl adjacent to an activating group) is 1. The number of benzene rings is 1. The van der Waals surface area contributed by atoms with E-state index in [1.165, 1.54) is 11.0 Å². The zero-order valence-electron chi connectivity index (χ0n) is 13.2. The van der Waals surface area contributed by atoms with Crippen LogP contribution in [-0.4, -0.2) is 46.6 Å². The standard InChI is InChI=1S/C17H17ClN4O2/c1-3-16(23)20(2)14-6-4-12(5-7-14)17(24)21-10-15(11-21)22-9-13(18)8-19-22/h3-9,15H,1,10-11H2,2H3. The highest BCUT2D eigenvalue weighted by Crippen LogP contribution is 2.24. The zero-order chi connectivity index (χ0) is 17.3. The highest BCUT2D eigenvalue weighted by molar-refractivity contribution is 6.30. The topological polar surface area (TPSA) is 58.4 Å². The van der Waals surface area contributed by atoms with E-state index in [9.17, 15) is 9.59 Å². The molecule has 1 aliphatic rings. The van der Waals surface area contributed by atoms with Crippen molar-refractivity contribution in [2.45, 2.75) is 6.04 Å². The summed E-state index contributed by atoms with van der Waals surface area (Å²) in [7, 11) is 1.66. The molecule has 2 heterocycles. The average Bonchev–Trinajstić information content (AvgIpc) is 2.98. The predicted molar refractivity (Wildman–Crippen MR) is 92.2 cm³/mol. The van der Waals surface area contributed by atoms with Gasteiger partial charge in [0.15, 0.2) is 0 Å². The van der Waals surface area contributed by atoms with Gasteiger partial charge in [-0.2, -0.15) is 5.10 Å². The molecule has 7 heteroatoms. The van der Waals surface area contributed by atoms with Crippen LogP contribution in [0.25, 0.3) is 0 Å². The van der Waals surface area contributed by atoms with E-state index in [0.717, 1.165) is 0 Å². The fraction of sp³-hybridized carbons (Fsp3) is 0.235. The van der Waals surface area contributed by atoms with E-state index in [-0.39, 0.29) is 17.9 Å². The number of aromatic nitrogens is 2. The van der Waals surface area contributed by atoms with Gasteiger partial charge in [-0.15, -0.1) is 0 Å². The zero-order valence-corrected chi connectivity index (χ0v) is 14.0. The molecule has 2 amide bonds. The van der Waals surface area contributed by atoms with Crippen molar-refractivity contribution in [3.63, 3.8) is 0 Å². The first-order chi connectivity index (χ1) is 11.5. The molecular formula is C17H17ClN4O2. The van der Waals surface area contributed by atoms with Crippen molar-refractivity contribution >= 4 is 29.1 Å². The summed E-state index contributed by atoms with van der Waals surface area (Å²) in [6, 6.07) is 7.11. The quantitative estimate of drug-likeness (QED) is 0.800. The van der Waals surface area contributed by atoms with Gasteiger partial charge in [0.05, 0.1) is 17.3 Å². The lowest BCUT2D eigenvalue weighted by atomic mass is 10.1. The summed E-state index contributed by atoms with van der Waals surface area (Å²) >= 11 is 5.86. The van der Waals surface area contributed by atoms with Crippen LogP contribution in [0.2, 0.25) is 5.02 Å². The van der Waals surface area contributed by atoms with Gasteiger partial charge < -0.3 is 9.80 Å². The molecule has 0 saturated carbocycles. The summed E-state index contributed by atoms with van der Waals surface area (Å²) in [5.41, 5.74) is 1.30. The lowest BCUT2D eigenvalue weighted by Crippen LogP contribution is -2.50. The first-order valence-electron chi connectivity index (χ1n) is 7.48. The number of amides is 2. The Morgan fingerprint density at radius 2 is 2.00 bits per heavy atom. The molecule has 2 aromatic rings. The molecule has 6 nitrogen and oxygen atoms in total. The van der Waals surface area contributed by atoms with Crippen molar-refractivity contribution in [2.75, 3.05) is 25.0 Å². The van der Waals surface area contributed by atoms with Crippen LogP contribution in [0, 0.1) is 0 Å². The fourth-order valence-electron chi connectivity index (χ4n) is 2.58. The van der Waals surface area contributed by atoms with Crippen molar-refractivity contribution in [3.05, 3.63) is 59.9 Å². The molecule has 24 heavy (non-hydrogen) atoms. The van der Waals surface area contributed by atoms with E-state index in [1.54, 1.807) is 53.3 Å². The summed E-state index contributed by atoms with van der Waals surface area (Å²) in [6.07, 6.45) is 4.60. The number of nitrogens with zero attached hydrogens (tertiary/aromatic N) is 4. The number of likely N-dealkylation sites (tertiary alicyclic amines) is 1. The van der Waals surface area contributed by atoms with Crippen LogP contribution in [0.15, 0.2) is 49.3 Å². The fourth-order valence-corrected chi connectivity index (χ4v) is 2.72. The normalized spacial score (nSPS) is 14.2. The van der Waals surface area contributed by atoms with Gasteiger partial charge in [-0.05, 0) is 30.3 Å². The number of hydrogen-bond donors (Lipinski definition) is 0. The van der Waals surface area contributed by atoms with E-state index >= 15 is 0 Å². The van der Waals surface area contributed by atoms with Crippen LogP contribution < -0.4 is 4.90 Å². The van der Waals surface area contributed by atoms with Crippen LogP contribution in [0.4, 0.5) is 5.69 Å². The van der Waals surface area contributed by atoms with Crippen molar-refractivity contribution < 1.29 is 9.59 Å². The molecule has 0 N–H and O–H groups in total. The van der Waals surface area contributed by atoms with Gasteiger partial charge in [0, 0.05) is 37.6 Å². The Kier molecular flexibility index (Phi) is 4.40. The number of rotatable bonds is 4. The molecule has 1 aromatic heterocycles. The van der Waals surface area contributed by atoms with Crippen LogP contribution in [0.1, 0.15) is 16.4 Å². The number of carbonyl (C=O) groups is 2. The van der Waals surface area contributed by atoms with Crippen LogP contribution in [0.3, 0.4) is 0 Å². The molecular weight excluding hydrogens is 328 g/mol. The SMILES string of the molecule is C=CC(=O)N(C)c1ccc(C(=O)N2CC(n3cc(Cl)cn3)C2)cc1. The molecule has 1 aromatic carbocycles. The number of halogens is 1. The minimum atomic E-state index is -0.197. The van der Waals surface area contributed by atoms with Crippen LogP contribution in [-0.2, 0) is 4.79 Å². The van der Waals surface area contributed by atoms with Crippen LogP contribution >= 0.6 is 11.6 Å². The van der Waals surface area contributed by atoms with Gasteiger partial charge in [-0.3, -0.25) is 14.3 Å². The van der Waals surface area contributed by atoms with Crippen molar-refractivity contribution in [3.8, 4) is 0 Å². The first kappa shape index (κ1) is 16.3. The average molecular weight is 345 g/mol. The lowest BCUT2D eigenvalue weighted by Gasteiger charge is -2.39. The van der Waals surface area contributed by atoms with Gasteiger partial charge >= 0.3 is 0 Å². The molecule has 0 bridgehead atoms. The predicted octanol–water partition coefficient (Wildman–Crippen LogP) is 2.38. The third-order valence-corrected chi connectivity index (χ3v) is 4.30. The maximum atomic E-state index is 12.5. The molecule has 1 aliphatic heterocycles. The maximum Gasteiger partial charge on any atom is 0.254 e. The second-order valence-electron chi connectivity index (χ2n) is 5.65. The number of carbonyl (C=O) groups excluding carboxylic acids is 2. The summed E-state index contributed by atoms with van der Waals surface area (Å²) in [4.78, 5) is 27.3. The molecule has 0 atom stereocenters. The van der Waals surface area contributed by atoms with Crippen molar-refractivity contribution in [2.24, 2.45) is 0 Å². The minimum Gasteiger partial charge on any atom is -0.334 e. The Morgan fingerprint density at radius 3 is 2.54 bits per heavy atom. The molecule has 0 spiro atoms. The summed E-state index contributed by atoms with van der Waals surface area (Å²) in [6.45, 7) is 4.67. The second-order valence-corrected chi connectivity index (χ2v) is 6.09. The highest BCUT2D eigenvalue weighted by Gasteiger charge is 2.32. The minimum absolute atomic E-state index is 0.0336. The van der Waals surface area contributed by atoms with E-state index in [4.69, 9.17) is 11.6 Å². The van der Waals surface area contributed by atoms with Gasteiger partial charge in [0.2, 0.25) is 5.91 Å². The maximum absolute atomic E-state index is 12.5. The lowest BCUT2D eigenvalue weighted by molar-refractivity contribution is -0.113. The Balaban J connectivity index is 1.62. The Labute approximate surface area is 144 Å². The summed E-state index contributed by atoms with van der Waals surface area (Å²) < 4.78 is 1.78. The Bertz CT molecular complexity index is 778. The monoisotopic (exact) mass is 344 g/mol. The highest BCUT2D eigenvalue weighted by atomic mass is 35.5. The molecule has 0 aliphatic carbocycles. The molecule has 1 saturated heterocycles. The summed E-state index contributed by atoms with van der Waals surface area (Å²) in [5.74, 6) is -0.230. The van der Waals surface area contributed by atoms with E-state index in [2.05, 4.69) is 11.7 Å². The Morgan fingerprint density at radius 1 is 1.33 bits per heavy atom. The first-order valence-corrected chi connectivity index (χ1v) is 7.86. The van der Waals surface area contributed by atoms with E-state index in [0.29, 0.717) is 29.4 Å². The molecule has 124 valence electrons. The van der Waals surface area contributed by atoms with Gasteiger partial charge in [-0.25, -0.2) is 0 Å². The molecule has 3 rings (SSSR count). The van der Waals surface area contributed by atoms with Gasteiger partial charge in [-0.1, -0.05) is 18.2 Å². The van der Waals surface area contributed by atoms with Gasteiger partial charge in [0.25, 0.3) is 5.91 Å². The number of anilines is 1. The van der Waals surface area contributed by atoms with E-state index < -0.39 is 0 Å². The third kappa shape index (κ3) is 3.05.